The molecule has 0 saturated carbocycles. The number of hydrogen-bond acceptors (Lipinski definition) is 3. The molecule has 0 saturated heterocycles. The molecular formula is C17H22N2O. The van der Waals surface area contributed by atoms with Crippen LogP contribution >= 0.6 is 0 Å². The van der Waals surface area contributed by atoms with Crippen LogP contribution in [-0.4, -0.2) is 25.7 Å². The summed E-state index contributed by atoms with van der Waals surface area (Å²) in [7, 11) is 3.79. The van der Waals surface area contributed by atoms with Gasteiger partial charge in [0.05, 0.1) is 7.11 Å². The van der Waals surface area contributed by atoms with Crippen molar-refractivity contribution in [2.24, 2.45) is 0 Å². The molecule has 1 heterocycles. The molecule has 2 aromatic rings. The largest absolute Gasteiger partial charge is 0.497 e. The van der Waals surface area contributed by atoms with Gasteiger partial charge in [0.1, 0.15) is 11.6 Å². The van der Waals surface area contributed by atoms with Crippen LogP contribution in [0.3, 0.4) is 0 Å². The van der Waals surface area contributed by atoms with E-state index in [4.69, 9.17) is 4.74 Å². The molecule has 106 valence electrons. The van der Waals surface area contributed by atoms with Gasteiger partial charge in [0.15, 0.2) is 0 Å². The van der Waals surface area contributed by atoms with E-state index in [0.29, 0.717) is 0 Å². The predicted molar refractivity (Wildman–Crippen MR) is 83.6 cm³/mol. The van der Waals surface area contributed by atoms with Gasteiger partial charge >= 0.3 is 0 Å². The quantitative estimate of drug-likeness (QED) is 0.803. The second-order valence-electron chi connectivity index (χ2n) is 5.01. The number of hydrogen-bond donors (Lipinski definition) is 0. The molecule has 0 radical (unpaired) electrons. The molecule has 2 rings (SSSR count). The molecular weight excluding hydrogens is 248 g/mol. The van der Waals surface area contributed by atoms with Crippen molar-refractivity contribution in [3.8, 4) is 5.75 Å². The molecule has 0 fully saturated rings. The number of anilines is 1. The van der Waals surface area contributed by atoms with Gasteiger partial charge in [-0.05, 0) is 49.6 Å². The Morgan fingerprint density at radius 2 is 1.85 bits per heavy atom. The minimum Gasteiger partial charge on any atom is -0.497 e. The van der Waals surface area contributed by atoms with Gasteiger partial charge in [-0.2, -0.15) is 0 Å². The van der Waals surface area contributed by atoms with Crippen LogP contribution in [0.4, 0.5) is 5.82 Å². The topological polar surface area (TPSA) is 25.4 Å². The Labute approximate surface area is 121 Å². The number of ether oxygens (including phenoxy) is 1. The molecule has 0 aliphatic heterocycles. The number of benzene rings is 1. The monoisotopic (exact) mass is 270 g/mol. The first-order valence-corrected chi connectivity index (χ1v) is 6.97. The first-order valence-electron chi connectivity index (χ1n) is 6.97. The van der Waals surface area contributed by atoms with Gasteiger partial charge in [-0.1, -0.05) is 18.2 Å². The van der Waals surface area contributed by atoms with E-state index in [2.05, 4.69) is 41.2 Å². The van der Waals surface area contributed by atoms with Crippen LogP contribution < -0.4 is 9.64 Å². The lowest BCUT2D eigenvalue weighted by Gasteiger charge is -2.18. The van der Waals surface area contributed by atoms with E-state index in [9.17, 15) is 0 Å². The van der Waals surface area contributed by atoms with Gasteiger partial charge in [-0.25, -0.2) is 4.98 Å². The highest BCUT2D eigenvalue weighted by atomic mass is 16.5. The Morgan fingerprint density at radius 3 is 2.50 bits per heavy atom. The van der Waals surface area contributed by atoms with Crippen molar-refractivity contribution in [3.63, 3.8) is 0 Å². The van der Waals surface area contributed by atoms with Crippen LogP contribution in [-0.2, 0) is 6.42 Å². The maximum Gasteiger partial charge on any atom is 0.128 e. The molecule has 0 spiro atoms. The van der Waals surface area contributed by atoms with E-state index in [1.165, 1.54) is 5.56 Å². The molecule has 1 aromatic heterocycles. The molecule has 3 heteroatoms. The molecule has 3 nitrogen and oxygen atoms in total. The van der Waals surface area contributed by atoms with Crippen molar-refractivity contribution in [3.05, 3.63) is 53.7 Å². The molecule has 0 aliphatic rings. The molecule has 0 N–H and O–H groups in total. The molecule has 0 unspecified atom stereocenters. The van der Waals surface area contributed by atoms with Crippen molar-refractivity contribution in [2.45, 2.75) is 19.8 Å². The second kappa shape index (κ2) is 6.94. The van der Waals surface area contributed by atoms with E-state index in [0.717, 1.165) is 36.6 Å². The van der Waals surface area contributed by atoms with Gasteiger partial charge in [0.25, 0.3) is 0 Å². The minimum absolute atomic E-state index is 0.912. The Hall–Kier alpha value is -2.03. The van der Waals surface area contributed by atoms with Crippen molar-refractivity contribution < 1.29 is 4.74 Å². The zero-order valence-corrected chi connectivity index (χ0v) is 12.5. The SMILES string of the molecule is COc1ccc(CCCN(C)c2cccc(C)n2)cc1. The van der Waals surface area contributed by atoms with E-state index >= 15 is 0 Å². The van der Waals surface area contributed by atoms with Gasteiger partial charge in [-0.3, -0.25) is 0 Å². The van der Waals surface area contributed by atoms with Crippen LogP contribution in [0.2, 0.25) is 0 Å². The highest BCUT2D eigenvalue weighted by Gasteiger charge is 2.02. The van der Waals surface area contributed by atoms with E-state index < -0.39 is 0 Å². The zero-order valence-electron chi connectivity index (χ0n) is 12.5. The lowest BCUT2D eigenvalue weighted by molar-refractivity contribution is 0.414. The molecule has 1 aromatic carbocycles. The predicted octanol–water partition coefficient (Wildman–Crippen LogP) is 3.47. The van der Waals surface area contributed by atoms with E-state index in [1.54, 1.807) is 7.11 Å². The van der Waals surface area contributed by atoms with Gasteiger partial charge in [0, 0.05) is 19.3 Å². The average molecular weight is 270 g/mol. The molecule has 20 heavy (non-hydrogen) atoms. The number of nitrogens with zero attached hydrogens (tertiary/aromatic N) is 2. The van der Waals surface area contributed by atoms with E-state index in [1.807, 2.05) is 25.1 Å². The third kappa shape index (κ3) is 3.98. The summed E-state index contributed by atoms with van der Waals surface area (Å²) in [6, 6.07) is 14.4. The number of methoxy groups -OCH3 is 1. The summed E-state index contributed by atoms with van der Waals surface area (Å²) < 4.78 is 5.16. The third-order valence-corrected chi connectivity index (χ3v) is 3.38. The number of aromatic nitrogens is 1. The van der Waals surface area contributed by atoms with Gasteiger partial charge in [0.2, 0.25) is 0 Å². The minimum atomic E-state index is 0.912. The Kier molecular flexibility index (Phi) is 4.99. The van der Waals surface area contributed by atoms with Crippen LogP contribution in [0.5, 0.6) is 5.75 Å². The van der Waals surface area contributed by atoms with Crippen LogP contribution in [0.25, 0.3) is 0 Å². The Bertz CT molecular complexity index is 537. The zero-order chi connectivity index (χ0) is 14.4. The summed E-state index contributed by atoms with van der Waals surface area (Å²) in [5.41, 5.74) is 2.40. The summed E-state index contributed by atoms with van der Waals surface area (Å²) in [5, 5.41) is 0. The number of rotatable bonds is 6. The molecule has 0 amide bonds. The van der Waals surface area contributed by atoms with Crippen LogP contribution in [0.15, 0.2) is 42.5 Å². The summed E-state index contributed by atoms with van der Waals surface area (Å²) in [6.45, 7) is 3.02. The maximum absolute atomic E-state index is 5.16. The van der Waals surface area contributed by atoms with Crippen LogP contribution in [0.1, 0.15) is 17.7 Å². The molecule has 0 aliphatic carbocycles. The summed E-state index contributed by atoms with van der Waals surface area (Å²) in [6.07, 6.45) is 2.18. The maximum atomic E-state index is 5.16. The average Bonchev–Trinajstić information content (AvgIpc) is 2.48. The highest BCUT2D eigenvalue weighted by Crippen LogP contribution is 2.14. The number of pyridine rings is 1. The lowest BCUT2D eigenvalue weighted by atomic mass is 10.1. The van der Waals surface area contributed by atoms with Crippen molar-refractivity contribution in [2.75, 3.05) is 25.6 Å². The first kappa shape index (κ1) is 14.4. The second-order valence-corrected chi connectivity index (χ2v) is 5.01. The van der Waals surface area contributed by atoms with E-state index in [-0.39, 0.29) is 0 Å². The van der Waals surface area contributed by atoms with Crippen molar-refractivity contribution in [1.29, 1.82) is 0 Å². The fourth-order valence-electron chi connectivity index (χ4n) is 2.17. The smallest absolute Gasteiger partial charge is 0.128 e. The van der Waals surface area contributed by atoms with Crippen molar-refractivity contribution in [1.82, 2.24) is 4.98 Å². The fraction of sp³-hybridized carbons (Fsp3) is 0.353. The Balaban J connectivity index is 1.82. The Morgan fingerprint density at radius 1 is 1.10 bits per heavy atom. The lowest BCUT2D eigenvalue weighted by Crippen LogP contribution is -2.20. The third-order valence-electron chi connectivity index (χ3n) is 3.38. The van der Waals surface area contributed by atoms with Crippen molar-refractivity contribution >= 4 is 5.82 Å². The fourth-order valence-corrected chi connectivity index (χ4v) is 2.17. The normalized spacial score (nSPS) is 10.3. The first-order chi connectivity index (χ1) is 9.69. The molecule has 0 atom stereocenters. The van der Waals surface area contributed by atoms with Crippen LogP contribution in [0, 0.1) is 6.92 Å². The van der Waals surface area contributed by atoms with Gasteiger partial charge in [-0.15, -0.1) is 0 Å². The molecule has 0 bridgehead atoms. The number of aryl methyl sites for hydroxylation is 2. The van der Waals surface area contributed by atoms with Gasteiger partial charge < -0.3 is 9.64 Å². The summed E-state index contributed by atoms with van der Waals surface area (Å²) >= 11 is 0. The summed E-state index contributed by atoms with van der Waals surface area (Å²) in [4.78, 5) is 6.74. The standard InChI is InChI=1S/C17H22N2O/c1-14-6-4-8-17(18-14)19(2)13-5-7-15-9-11-16(20-3)12-10-15/h4,6,8-12H,5,7,13H2,1-3H3. The highest BCUT2D eigenvalue weighted by molar-refractivity contribution is 5.38. The summed E-state index contributed by atoms with van der Waals surface area (Å²) in [5.74, 6) is 1.95.